The maximum Gasteiger partial charge on any atom is 0.313 e. The average Bonchev–Trinajstić information content (AvgIpc) is 2.42. The maximum absolute atomic E-state index is 13.7. The van der Waals surface area contributed by atoms with Crippen LogP contribution in [0.15, 0.2) is 36.4 Å². The van der Waals surface area contributed by atoms with Crippen LogP contribution in [-0.2, 0) is 6.61 Å². The van der Waals surface area contributed by atoms with E-state index in [-0.39, 0.29) is 27.8 Å². The van der Waals surface area contributed by atoms with E-state index in [1.807, 2.05) is 0 Å². The zero-order valence-electron chi connectivity index (χ0n) is 10.0. The fourth-order valence-electron chi connectivity index (χ4n) is 1.64. The van der Waals surface area contributed by atoms with Gasteiger partial charge in [0.25, 0.3) is 0 Å². The zero-order valence-corrected chi connectivity index (χ0v) is 10.8. The van der Waals surface area contributed by atoms with Crippen molar-refractivity contribution >= 4 is 17.3 Å². The van der Waals surface area contributed by atoms with Gasteiger partial charge in [-0.25, -0.2) is 4.39 Å². The van der Waals surface area contributed by atoms with Crippen LogP contribution in [0.4, 0.5) is 10.1 Å². The summed E-state index contributed by atoms with van der Waals surface area (Å²) >= 11 is 5.86. The van der Waals surface area contributed by atoms with E-state index in [0.29, 0.717) is 0 Å². The molecule has 1 N–H and O–H groups in total. The molecular weight excluding hydrogens is 289 g/mol. The third kappa shape index (κ3) is 2.71. The Bertz CT molecular complexity index is 663. The summed E-state index contributed by atoms with van der Waals surface area (Å²) in [5, 5.41) is 20.1. The van der Waals surface area contributed by atoms with Gasteiger partial charge in [-0.15, -0.1) is 0 Å². The van der Waals surface area contributed by atoms with Gasteiger partial charge in [-0.1, -0.05) is 29.8 Å². The Balaban J connectivity index is 2.53. The Kier molecular flexibility index (Phi) is 4.16. The maximum atomic E-state index is 13.7. The van der Waals surface area contributed by atoms with Gasteiger partial charge in [-0.05, 0) is 12.1 Å². The highest BCUT2D eigenvalue weighted by molar-refractivity contribution is 6.32. The third-order valence-electron chi connectivity index (χ3n) is 2.57. The van der Waals surface area contributed by atoms with Crippen molar-refractivity contribution in [1.29, 1.82) is 0 Å². The topological polar surface area (TPSA) is 72.6 Å². The Morgan fingerprint density at radius 3 is 2.60 bits per heavy atom. The molecule has 0 atom stereocenters. The van der Waals surface area contributed by atoms with E-state index in [1.54, 1.807) is 0 Å². The van der Waals surface area contributed by atoms with Crippen LogP contribution in [0.5, 0.6) is 11.5 Å². The van der Waals surface area contributed by atoms with E-state index in [0.717, 1.165) is 6.07 Å². The molecule has 0 aromatic heterocycles. The largest absolute Gasteiger partial charge is 0.445 e. The molecule has 0 saturated heterocycles. The molecule has 2 rings (SSSR count). The van der Waals surface area contributed by atoms with Crippen LogP contribution in [0.1, 0.15) is 5.56 Å². The Labute approximate surface area is 118 Å². The van der Waals surface area contributed by atoms with Gasteiger partial charge < -0.3 is 9.84 Å². The fraction of sp³-hybridized carbons (Fsp3) is 0.0769. The summed E-state index contributed by atoms with van der Waals surface area (Å²) in [7, 11) is 0. The minimum absolute atomic E-state index is 0.0219. The second kappa shape index (κ2) is 5.85. The second-order valence-corrected chi connectivity index (χ2v) is 4.24. The van der Waals surface area contributed by atoms with Crippen molar-refractivity contribution in [2.24, 2.45) is 0 Å². The van der Waals surface area contributed by atoms with Gasteiger partial charge in [-0.2, -0.15) is 0 Å². The van der Waals surface area contributed by atoms with Crippen LogP contribution in [0.2, 0.25) is 5.02 Å². The monoisotopic (exact) mass is 297 g/mol. The van der Waals surface area contributed by atoms with Gasteiger partial charge in [0.1, 0.15) is 0 Å². The van der Waals surface area contributed by atoms with E-state index in [4.69, 9.17) is 21.4 Å². The normalized spacial score (nSPS) is 10.3. The number of aliphatic hydroxyl groups excluding tert-OH is 1. The number of ether oxygens (including phenoxy) is 1. The highest BCUT2D eigenvalue weighted by Gasteiger charge is 2.21. The van der Waals surface area contributed by atoms with Crippen molar-refractivity contribution in [1.82, 2.24) is 0 Å². The van der Waals surface area contributed by atoms with Crippen molar-refractivity contribution in [2.45, 2.75) is 6.61 Å². The van der Waals surface area contributed by atoms with Gasteiger partial charge in [-0.3, -0.25) is 10.1 Å². The van der Waals surface area contributed by atoms with E-state index >= 15 is 0 Å². The highest BCUT2D eigenvalue weighted by atomic mass is 35.5. The highest BCUT2D eigenvalue weighted by Crippen LogP contribution is 2.39. The number of nitrogens with zero attached hydrogens (tertiary/aromatic N) is 1. The van der Waals surface area contributed by atoms with Gasteiger partial charge >= 0.3 is 5.69 Å². The number of nitro benzene ring substituents is 1. The first-order chi connectivity index (χ1) is 9.54. The first kappa shape index (κ1) is 14.2. The van der Waals surface area contributed by atoms with Crippen LogP contribution in [-0.4, -0.2) is 10.0 Å². The van der Waals surface area contributed by atoms with Crippen LogP contribution in [0, 0.1) is 15.9 Å². The van der Waals surface area contributed by atoms with E-state index in [9.17, 15) is 14.5 Å². The molecule has 0 unspecified atom stereocenters. The molecule has 20 heavy (non-hydrogen) atoms. The number of para-hydroxylation sites is 2. The molecule has 0 saturated carbocycles. The molecule has 0 aliphatic heterocycles. The second-order valence-electron chi connectivity index (χ2n) is 3.83. The molecule has 104 valence electrons. The lowest BCUT2D eigenvalue weighted by atomic mass is 10.2. The smallest absolute Gasteiger partial charge is 0.313 e. The summed E-state index contributed by atoms with van der Waals surface area (Å²) in [6, 6.07) is 7.94. The molecule has 0 amide bonds. The predicted molar refractivity (Wildman–Crippen MR) is 70.5 cm³/mol. The standard InChI is InChI=1S/C13H9ClFNO4/c14-9-4-2-6-11(16(18)19)13(9)20-12-8(7-17)3-1-5-10(12)15/h1-6,17H,7H2. The minimum atomic E-state index is -0.745. The van der Waals surface area contributed by atoms with Gasteiger partial charge in [0.15, 0.2) is 11.6 Å². The zero-order chi connectivity index (χ0) is 14.7. The van der Waals surface area contributed by atoms with Crippen molar-refractivity contribution < 1.29 is 19.2 Å². The van der Waals surface area contributed by atoms with Crippen molar-refractivity contribution in [3.8, 4) is 11.5 Å². The summed E-state index contributed by atoms with van der Waals surface area (Å²) in [6.45, 7) is -0.467. The Morgan fingerprint density at radius 1 is 1.25 bits per heavy atom. The van der Waals surface area contributed by atoms with Gasteiger partial charge in [0, 0.05) is 11.6 Å². The van der Waals surface area contributed by atoms with E-state index < -0.39 is 17.3 Å². The van der Waals surface area contributed by atoms with Gasteiger partial charge in [0.05, 0.1) is 16.6 Å². The van der Waals surface area contributed by atoms with Crippen molar-refractivity contribution in [3.63, 3.8) is 0 Å². The molecule has 0 fully saturated rings. The number of benzene rings is 2. The van der Waals surface area contributed by atoms with E-state index in [2.05, 4.69) is 0 Å². The van der Waals surface area contributed by atoms with Crippen molar-refractivity contribution in [2.75, 3.05) is 0 Å². The van der Waals surface area contributed by atoms with Crippen LogP contribution in [0.25, 0.3) is 0 Å². The predicted octanol–water partition coefficient (Wildman–Crippen LogP) is 3.67. The average molecular weight is 298 g/mol. The Hall–Kier alpha value is -2.18. The molecule has 0 spiro atoms. The molecule has 0 radical (unpaired) electrons. The minimum Gasteiger partial charge on any atom is -0.445 e. The first-order valence-corrected chi connectivity index (χ1v) is 5.91. The quantitative estimate of drug-likeness (QED) is 0.690. The number of rotatable bonds is 4. The molecular formula is C13H9ClFNO4. The van der Waals surface area contributed by atoms with Crippen molar-refractivity contribution in [3.05, 3.63) is 62.9 Å². The van der Waals surface area contributed by atoms with Gasteiger partial charge in [0.2, 0.25) is 5.75 Å². The molecule has 0 bridgehead atoms. The molecule has 0 aliphatic rings. The number of nitro groups is 1. The Morgan fingerprint density at radius 2 is 1.95 bits per heavy atom. The van der Waals surface area contributed by atoms with Crippen LogP contribution >= 0.6 is 11.6 Å². The molecule has 2 aromatic carbocycles. The summed E-state index contributed by atoms with van der Waals surface area (Å²) in [6.07, 6.45) is 0. The molecule has 5 nitrogen and oxygen atoms in total. The molecule has 0 heterocycles. The molecule has 7 heteroatoms. The first-order valence-electron chi connectivity index (χ1n) is 5.53. The number of halogens is 2. The molecule has 0 aliphatic carbocycles. The summed E-state index contributed by atoms with van der Waals surface area (Å²) in [5.74, 6) is -1.30. The number of hydrogen-bond donors (Lipinski definition) is 1. The van der Waals surface area contributed by atoms with Crippen LogP contribution in [0.3, 0.4) is 0 Å². The number of hydrogen-bond acceptors (Lipinski definition) is 4. The fourth-order valence-corrected chi connectivity index (χ4v) is 1.84. The summed E-state index contributed by atoms with van der Waals surface area (Å²) in [5.41, 5.74) is -0.219. The lowest BCUT2D eigenvalue weighted by molar-refractivity contribution is -0.385. The third-order valence-corrected chi connectivity index (χ3v) is 2.86. The lowest BCUT2D eigenvalue weighted by Gasteiger charge is -2.11. The summed E-state index contributed by atoms with van der Waals surface area (Å²) < 4.78 is 19.0. The van der Waals surface area contributed by atoms with E-state index in [1.165, 1.54) is 30.3 Å². The van der Waals surface area contributed by atoms with Crippen LogP contribution < -0.4 is 4.74 Å². The lowest BCUT2D eigenvalue weighted by Crippen LogP contribution is -1.98. The summed E-state index contributed by atoms with van der Waals surface area (Å²) in [4.78, 5) is 10.2. The molecule has 2 aromatic rings. The SMILES string of the molecule is O=[N+]([O-])c1cccc(Cl)c1Oc1c(F)cccc1CO. The number of aliphatic hydroxyl groups is 1.